The summed E-state index contributed by atoms with van der Waals surface area (Å²) in [5.41, 5.74) is 3.00. The van der Waals surface area contributed by atoms with Crippen LogP contribution < -0.4 is 25.2 Å². The molecule has 0 radical (unpaired) electrons. The summed E-state index contributed by atoms with van der Waals surface area (Å²) in [7, 11) is -6.59. The first-order valence-corrected chi connectivity index (χ1v) is 19.1. The van der Waals surface area contributed by atoms with Gasteiger partial charge in [0.1, 0.15) is 41.3 Å². The molecular formula is C29H43N8O10PS. The van der Waals surface area contributed by atoms with E-state index in [0.29, 0.717) is 0 Å². The van der Waals surface area contributed by atoms with Crippen LogP contribution in [-0.2, 0) is 39.9 Å². The number of sulfonamides is 1. The van der Waals surface area contributed by atoms with Gasteiger partial charge in [-0.15, -0.1) is 4.83 Å². The Hall–Kier alpha value is -3.42. The zero-order chi connectivity index (χ0) is 35.8. The van der Waals surface area contributed by atoms with Crippen LogP contribution in [-0.4, -0.2) is 99.6 Å². The summed E-state index contributed by atoms with van der Waals surface area (Å²) in [6.07, 6.45) is 0.953. The minimum Gasteiger partial charge on any atom is -0.461 e. The fraction of sp³-hybridized carbons (Fsp3) is 0.586. The number of aromatic nitrogens is 4. The number of imidazole rings is 1. The van der Waals surface area contributed by atoms with Crippen molar-refractivity contribution in [3.63, 3.8) is 0 Å². The van der Waals surface area contributed by atoms with Crippen molar-refractivity contribution in [2.75, 3.05) is 30.7 Å². The van der Waals surface area contributed by atoms with E-state index in [1.807, 2.05) is 0 Å². The number of carbonyl (C=O) groups is 1. The van der Waals surface area contributed by atoms with Gasteiger partial charge in [0.2, 0.25) is 16.0 Å². The average Bonchev–Trinajstić information content (AvgIpc) is 3.50. The van der Waals surface area contributed by atoms with Crippen molar-refractivity contribution in [1.82, 2.24) is 29.4 Å². The molecule has 5 atom stereocenters. The van der Waals surface area contributed by atoms with E-state index >= 15 is 0 Å². The zero-order valence-corrected chi connectivity index (χ0v) is 29.6. The Balaban J connectivity index is 1.36. The lowest BCUT2D eigenvalue weighted by atomic mass is 9.88. The molecule has 1 saturated carbocycles. The molecule has 49 heavy (non-hydrogen) atoms. The second-order valence-electron chi connectivity index (χ2n) is 12.7. The Morgan fingerprint density at radius 2 is 1.96 bits per heavy atom. The topological polar surface area (TPSA) is 243 Å². The SMILES string of the molecule is CC[C@@]1(O)C(COP(=O)(NC(C)(C)C(=O)OC2CCC2)Oc2ccccc2)OC(Cn2cnc3c(N(C)NS(C)(=O)=O)nc(N)nc32)[C@@H]1O. The quantitative estimate of drug-likeness (QED) is 0.0841. The number of aliphatic hydroxyl groups is 2. The average molecular weight is 727 g/mol. The molecule has 2 aliphatic rings. The Kier molecular flexibility index (Phi) is 10.6. The molecule has 0 spiro atoms. The summed E-state index contributed by atoms with van der Waals surface area (Å²) < 4.78 is 62.7. The van der Waals surface area contributed by atoms with Crippen LogP contribution in [0.25, 0.3) is 11.2 Å². The van der Waals surface area contributed by atoms with Crippen LogP contribution in [0.2, 0.25) is 0 Å². The Bertz CT molecular complexity index is 1810. The van der Waals surface area contributed by atoms with Crippen LogP contribution in [0.4, 0.5) is 11.8 Å². The van der Waals surface area contributed by atoms with Gasteiger partial charge in [0.05, 0.1) is 25.7 Å². The number of carbonyl (C=O) groups excluding carboxylic acids is 1. The van der Waals surface area contributed by atoms with Crippen LogP contribution in [0.1, 0.15) is 46.5 Å². The highest BCUT2D eigenvalue weighted by molar-refractivity contribution is 7.88. The Morgan fingerprint density at radius 3 is 2.57 bits per heavy atom. The van der Waals surface area contributed by atoms with Crippen LogP contribution in [0.3, 0.4) is 0 Å². The minimum absolute atomic E-state index is 0.0288. The summed E-state index contributed by atoms with van der Waals surface area (Å²) in [4.78, 5) is 28.0. The number of benzene rings is 1. The minimum atomic E-state index is -4.36. The number of nitrogens with one attached hydrogen (secondary N) is 2. The number of hydrogen-bond donors (Lipinski definition) is 5. The number of hydrogen-bond acceptors (Lipinski definition) is 15. The number of para-hydroxylation sites is 1. The molecule has 6 N–H and O–H groups in total. The molecule has 5 rings (SSSR count). The van der Waals surface area contributed by atoms with Crippen molar-refractivity contribution in [3.05, 3.63) is 36.7 Å². The molecule has 3 heterocycles. The summed E-state index contributed by atoms with van der Waals surface area (Å²) in [5, 5.41) is 26.8. The maximum Gasteiger partial charge on any atom is 0.459 e. The summed E-state index contributed by atoms with van der Waals surface area (Å²) >= 11 is 0. The smallest absolute Gasteiger partial charge is 0.459 e. The molecule has 270 valence electrons. The van der Waals surface area contributed by atoms with E-state index in [-0.39, 0.29) is 47.7 Å². The van der Waals surface area contributed by atoms with Gasteiger partial charge in [-0.25, -0.2) is 18.0 Å². The number of fused-ring (bicyclic) bond motifs is 1. The van der Waals surface area contributed by atoms with E-state index in [1.54, 1.807) is 37.3 Å². The molecule has 2 fully saturated rings. The van der Waals surface area contributed by atoms with Gasteiger partial charge < -0.3 is 34.5 Å². The molecule has 2 aromatic heterocycles. The first-order valence-electron chi connectivity index (χ1n) is 15.7. The first-order chi connectivity index (χ1) is 22.9. The normalized spacial score (nSPS) is 24.3. The summed E-state index contributed by atoms with van der Waals surface area (Å²) in [5.74, 6) is -0.523. The third kappa shape index (κ3) is 8.32. The van der Waals surface area contributed by atoms with E-state index < -0.39 is 59.8 Å². The number of rotatable bonds is 15. The predicted octanol–water partition coefficient (Wildman–Crippen LogP) is 1.25. The number of ether oxygens (including phenoxy) is 2. The maximum absolute atomic E-state index is 14.3. The summed E-state index contributed by atoms with van der Waals surface area (Å²) in [6.45, 7) is 4.06. The molecule has 18 nitrogen and oxygen atoms in total. The fourth-order valence-corrected chi connectivity index (χ4v) is 7.77. The van der Waals surface area contributed by atoms with Gasteiger partial charge >= 0.3 is 13.7 Å². The lowest BCUT2D eigenvalue weighted by molar-refractivity contribution is -0.159. The molecular weight excluding hydrogens is 683 g/mol. The van der Waals surface area contributed by atoms with Crippen molar-refractivity contribution in [3.8, 4) is 5.75 Å². The van der Waals surface area contributed by atoms with Crippen LogP contribution in [0, 0.1) is 0 Å². The molecule has 0 amide bonds. The monoisotopic (exact) mass is 726 g/mol. The predicted molar refractivity (Wildman–Crippen MR) is 178 cm³/mol. The van der Waals surface area contributed by atoms with Gasteiger partial charge in [-0.05, 0) is 51.7 Å². The van der Waals surface area contributed by atoms with Gasteiger partial charge in [0.15, 0.2) is 17.0 Å². The molecule has 1 saturated heterocycles. The molecule has 1 aliphatic heterocycles. The largest absolute Gasteiger partial charge is 0.461 e. The van der Waals surface area contributed by atoms with E-state index in [9.17, 15) is 28.0 Å². The molecule has 3 unspecified atom stereocenters. The standard InChI is InChI=1S/C29H43N8O10PS/c1-6-29(40)21(16-44-48(41,47-19-11-8-7-9-12-19)34-28(2,3)26(39)45-18-13-10-14-18)46-20(23(29)38)15-37-17-31-22-24(32-27(30)33-25(22)37)36(4)35-49(5,42)43/h7-9,11-12,17-18,20-21,23,35,38,40H,6,10,13-16H2,1-5H3,(H,34,41)(H2,30,32,33)/t20?,21?,23-,29+,48?/m0/s1. The molecule has 0 bridgehead atoms. The lowest BCUT2D eigenvalue weighted by Crippen LogP contribution is -2.50. The van der Waals surface area contributed by atoms with Crippen LogP contribution in [0.15, 0.2) is 36.7 Å². The number of anilines is 2. The number of hydrazine groups is 1. The van der Waals surface area contributed by atoms with Crippen molar-refractivity contribution in [2.24, 2.45) is 0 Å². The fourth-order valence-electron chi connectivity index (χ4n) is 5.52. The van der Waals surface area contributed by atoms with Gasteiger partial charge in [-0.3, -0.25) is 14.3 Å². The molecule has 20 heteroatoms. The van der Waals surface area contributed by atoms with Crippen molar-refractivity contribution in [1.29, 1.82) is 0 Å². The lowest BCUT2D eigenvalue weighted by Gasteiger charge is -2.34. The van der Waals surface area contributed by atoms with Crippen LogP contribution in [0.5, 0.6) is 5.75 Å². The van der Waals surface area contributed by atoms with Crippen molar-refractivity contribution in [2.45, 2.75) is 88.6 Å². The van der Waals surface area contributed by atoms with Gasteiger partial charge in [-0.2, -0.15) is 15.1 Å². The molecule has 3 aromatic rings. The summed E-state index contributed by atoms with van der Waals surface area (Å²) in [6, 6.07) is 8.23. The maximum atomic E-state index is 14.3. The number of esters is 1. The van der Waals surface area contributed by atoms with E-state index in [2.05, 4.69) is 24.9 Å². The number of nitrogens with two attached hydrogens (primary N) is 1. The first kappa shape index (κ1) is 36.9. The highest BCUT2D eigenvalue weighted by atomic mass is 32.2. The second kappa shape index (κ2) is 14.1. The van der Waals surface area contributed by atoms with Crippen molar-refractivity contribution >= 4 is 46.7 Å². The van der Waals surface area contributed by atoms with Crippen molar-refractivity contribution < 1.29 is 46.5 Å². The molecule has 1 aliphatic carbocycles. The zero-order valence-electron chi connectivity index (χ0n) is 27.8. The van der Waals surface area contributed by atoms with E-state index in [1.165, 1.54) is 31.8 Å². The number of nitrogen functional groups attached to an aromatic ring is 1. The Labute approximate surface area is 283 Å². The molecule has 1 aromatic carbocycles. The highest BCUT2D eigenvalue weighted by Gasteiger charge is 2.55. The van der Waals surface area contributed by atoms with E-state index in [4.69, 9.17) is 24.3 Å². The second-order valence-corrected chi connectivity index (χ2v) is 16.1. The Morgan fingerprint density at radius 1 is 1.27 bits per heavy atom. The number of nitrogens with zero attached hydrogens (tertiary/aromatic N) is 5. The third-order valence-corrected chi connectivity index (χ3v) is 10.8. The number of aliphatic hydroxyl groups excluding tert-OH is 1. The van der Waals surface area contributed by atoms with Gasteiger partial charge in [0.25, 0.3) is 0 Å². The van der Waals surface area contributed by atoms with Crippen LogP contribution >= 0.6 is 7.75 Å². The third-order valence-electron chi connectivity index (χ3n) is 8.40. The highest BCUT2D eigenvalue weighted by Crippen LogP contribution is 2.48. The van der Waals surface area contributed by atoms with Gasteiger partial charge in [-0.1, -0.05) is 25.1 Å². The van der Waals surface area contributed by atoms with Gasteiger partial charge in [0, 0.05) is 7.05 Å². The van der Waals surface area contributed by atoms with E-state index in [0.717, 1.165) is 30.5 Å².